The van der Waals surface area contributed by atoms with E-state index in [0.717, 1.165) is 23.4 Å². The molecule has 2 aromatic rings. The largest absolute Gasteiger partial charge is 0.361 e. The minimum Gasteiger partial charge on any atom is -0.361 e. The van der Waals surface area contributed by atoms with Crippen LogP contribution in [0.2, 0.25) is 0 Å². The van der Waals surface area contributed by atoms with Gasteiger partial charge in [0.2, 0.25) is 5.91 Å². The van der Waals surface area contributed by atoms with Gasteiger partial charge in [0.05, 0.1) is 0 Å². The number of carbonyl (C=O) groups excluding carboxylic acids is 1. The average Bonchev–Trinajstić information content (AvgIpc) is 2.86. The third-order valence-corrected chi connectivity index (χ3v) is 4.42. The Labute approximate surface area is 124 Å². The van der Waals surface area contributed by atoms with E-state index in [1.807, 2.05) is 30.1 Å². The quantitative estimate of drug-likeness (QED) is 0.821. The summed E-state index contributed by atoms with van der Waals surface area (Å²) in [7, 11) is 0. The molecule has 1 unspecified atom stereocenters. The van der Waals surface area contributed by atoms with Crippen LogP contribution in [0.1, 0.15) is 25.8 Å². The van der Waals surface area contributed by atoms with Gasteiger partial charge in [-0.05, 0) is 30.7 Å². The van der Waals surface area contributed by atoms with Crippen molar-refractivity contribution in [2.45, 2.75) is 32.7 Å². The SMILES string of the molecule is CCSCC(C)NC(=O)CCc1c[nH]c2ccccc12. The van der Waals surface area contributed by atoms with Crippen molar-refractivity contribution < 1.29 is 4.79 Å². The summed E-state index contributed by atoms with van der Waals surface area (Å²) in [6, 6.07) is 8.45. The van der Waals surface area contributed by atoms with E-state index < -0.39 is 0 Å². The first-order chi connectivity index (χ1) is 9.70. The zero-order valence-corrected chi connectivity index (χ0v) is 12.9. The van der Waals surface area contributed by atoms with E-state index in [2.05, 4.69) is 36.3 Å². The van der Waals surface area contributed by atoms with Crippen molar-refractivity contribution >= 4 is 28.6 Å². The lowest BCUT2D eigenvalue weighted by molar-refractivity contribution is -0.121. The molecule has 1 aromatic carbocycles. The highest BCUT2D eigenvalue weighted by atomic mass is 32.2. The van der Waals surface area contributed by atoms with Gasteiger partial charge in [0, 0.05) is 35.3 Å². The van der Waals surface area contributed by atoms with Gasteiger partial charge in [-0.25, -0.2) is 0 Å². The maximum absolute atomic E-state index is 11.9. The monoisotopic (exact) mass is 290 g/mol. The van der Waals surface area contributed by atoms with Crippen molar-refractivity contribution in [1.82, 2.24) is 10.3 Å². The van der Waals surface area contributed by atoms with Gasteiger partial charge in [-0.2, -0.15) is 11.8 Å². The predicted molar refractivity (Wildman–Crippen MR) is 87.2 cm³/mol. The smallest absolute Gasteiger partial charge is 0.220 e. The fourth-order valence-electron chi connectivity index (χ4n) is 2.27. The highest BCUT2D eigenvalue weighted by Crippen LogP contribution is 2.18. The Bertz CT molecular complexity index is 564. The number of aryl methyl sites for hydroxylation is 1. The molecule has 1 aromatic heterocycles. The van der Waals surface area contributed by atoms with Gasteiger partial charge in [-0.3, -0.25) is 4.79 Å². The van der Waals surface area contributed by atoms with Crippen LogP contribution in [0.5, 0.6) is 0 Å². The number of nitrogens with one attached hydrogen (secondary N) is 2. The topological polar surface area (TPSA) is 44.9 Å². The van der Waals surface area contributed by atoms with Gasteiger partial charge < -0.3 is 10.3 Å². The summed E-state index contributed by atoms with van der Waals surface area (Å²) in [5.74, 6) is 2.21. The molecule has 1 atom stereocenters. The standard InChI is InChI=1S/C16H22N2OS/c1-3-20-11-12(2)18-16(19)9-8-13-10-17-15-7-5-4-6-14(13)15/h4-7,10,12,17H,3,8-9,11H2,1-2H3,(H,18,19). The molecular weight excluding hydrogens is 268 g/mol. The third kappa shape index (κ3) is 4.04. The first kappa shape index (κ1) is 15.0. The fraction of sp³-hybridized carbons (Fsp3) is 0.438. The molecule has 1 amide bonds. The van der Waals surface area contributed by atoms with Gasteiger partial charge in [0.1, 0.15) is 0 Å². The summed E-state index contributed by atoms with van der Waals surface area (Å²) in [6.07, 6.45) is 3.33. The van der Waals surface area contributed by atoms with Crippen molar-refractivity contribution in [2.24, 2.45) is 0 Å². The van der Waals surface area contributed by atoms with Crippen molar-refractivity contribution in [1.29, 1.82) is 0 Å². The van der Waals surface area contributed by atoms with Crippen LogP contribution in [0.4, 0.5) is 0 Å². The van der Waals surface area contributed by atoms with E-state index in [0.29, 0.717) is 6.42 Å². The number of rotatable bonds is 7. The number of hydrogen-bond acceptors (Lipinski definition) is 2. The van der Waals surface area contributed by atoms with Crippen LogP contribution < -0.4 is 5.32 Å². The molecule has 108 valence electrons. The van der Waals surface area contributed by atoms with Crippen LogP contribution >= 0.6 is 11.8 Å². The number of aromatic nitrogens is 1. The van der Waals surface area contributed by atoms with Crippen LogP contribution in [0.15, 0.2) is 30.5 Å². The first-order valence-electron chi connectivity index (χ1n) is 7.12. The van der Waals surface area contributed by atoms with Gasteiger partial charge in [0.15, 0.2) is 0 Å². The molecule has 2 rings (SSSR count). The summed E-state index contributed by atoms with van der Waals surface area (Å²) in [6.45, 7) is 4.20. The zero-order valence-electron chi connectivity index (χ0n) is 12.1. The first-order valence-corrected chi connectivity index (χ1v) is 8.28. The second-order valence-electron chi connectivity index (χ2n) is 4.99. The third-order valence-electron chi connectivity index (χ3n) is 3.28. The van der Waals surface area contributed by atoms with Crippen molar-refractivity contribution in [3.8, 4) is 0 Å². The molecule has 0 aliphatic heterocycles. The van der Waals surface area contributed by atoms with Crippen LogP contribution in [-0.2, 0) is 11.2 Å². The highest BCUT2D eigenvalue weighted by Gasteiger charge is 2.09. The maximum Gasteiger partial charge on any atom is 0.220 e. The normalized spacial score (nSPS) is 12.5. The average molecular weight is 290 g/mol. The van der Waals surface area contributed by atoms with Gasteiger partial charge >= 0.3 is 0 Å². The van der Waals surface area contributed by atoms with Crippen molar-refractivity contribution in [3.05, 3.63) is 36.0 Å². The number of hydrogen-bond donors (Lipinski definition) is 2. The number of amides is 1. The minimum atomic E-state index is 0.138. The molecule has 20 heavy (non-hydrogen) atoms. The maximum atomic E-state index is 11.9. The second-order valence-corrected chi connectivity index (χ2v) is 6.31. The Balaban J connectivity index is 1.84. The van der Waals surface area contributed by atoms with Gasteiger partial charge in [-0.1, -0.05) is 25.1 Å². The van der Waals surface area contributed by atoms with E-state index >= 15 is 0 Å². The molecule has 2 N–H and O–H groups in total. The van der Waals surface area contributed by atoms with Crippen LogP contribution in [-0.4, -0.2) is 28.4 Å². The van der Waals surface area contributed by atoms with Crippen LogP contribution in [0, 0.1) is 0 Å². The molecular formula is C16H22N2OS. The summed E-state index contributed by atoms with van der Waals surface area (Å²) in [5, 5.41) is 4.27. The fourth-order valence-corrected chi connectivity index (χ4v) is 2.94. The molecule has 0 spiro atoms. The number of aromatic amines is 1. The summed E-state index contributed by atoms with van der Waals surface area (Å²) < 4.78 is 0. The van der Waals surface area contributed by atoms with E-state index in [1.165, 1.54) is 10.9 Å². The number of benzene rings is 1. The van der Waals surface area contributed by atoms with E-state index in [1.54, 1.807) is 0 Å². The molecule has 0 aliphatic rings. The zero-order chi connectivity index (χ0) is 14.4. The number of thioether (sulfide) groups is 1. The Morgan fingerprint density at radius 3 is 3.00 bits per heavy atom. The number of para-hydroxylation sites is 1. The lowest BCUT2D eigenvalue weighted by Gasteiger charge is -2.12. The molecule has 0 saturated heterocycles. The Morgan fingerprint density at radius 1 is 1.40 bits per heavy atom. The predicted octanol–water partition coefficient (Wildman–Crippen LogP) is 3.36. The van der Waals surface area contributed by atoms with E-state index in [9.17, 15) is 4.79 Å². The molecule has 0 radical (unpaired) electrons. The molecule has 3 nitrogen and oxygen atoms in total. The van der Waals surface area contributed by atoms with Crippen molar-refractivity contribution in [2.75, 3.05) is 11.5 Å². The summed E-state index contributed by atoms with van der Waals surface area (Å²) >= 11 is 1.86. The molecule has 0 saturated carbocycles. The van der Waals surface area contributed by atoms with Gasteiger partial charge in [0.25, 0.3) is 0 Å². The van der Waals surface area contributed by atoms with Crippen molar-refractivity contribution in [3.63, 3.8) is 0 Å². The number of fused-ring (bicyclic) bond motifs is 1. The number of H-pyrrole nitrogens is 1. The number of carbonyl (C=O) groups is 1. The van der Waals surface area contributed by atoms with E-state index in [4.69, 9.17) is 0 Å². The van der Waals surface area contributed by atoms with Crippen LogP contribution in [0.3, 0.4) is 0 Å². The van der Waals surface area contributed by atoms with E-state index in [-0.39, 0.29) is 11.9 Å². The molecule has 1 heterocycles. The summed E-state index contributed by atoms with van der Waals surface area (Å²) in [4.78, 5) is 15.2. The Kier molecular flexibility index (Phi) is 5.53. The molecule has 0 bridgehead atoms. The molecule has 0 fully saturated rings. The lowest BCUT2D eigenvalue weighted by Crippen LogP contribution is -2.34. The highest BCUT2D eigenvalue weighted by molar-refractivity contribution is 7.99. The second kappa shape index (κ2) is 7.39. The lowest BCUT2D eigenvalue weighted by atomic mass is 10.1. The Morgan fingerprint density at radius 2 is 2.20 bits per heavy atom. The minimum absolute atomic E-state index is 0.138. The molecule has 0 aliphatic carbocycles. The van der Waals surface area contributed by atoms with Gasteiger partial charge in [-0.15, -0.1) is 0 Å². The molecule has 4 heteroatoms. The Hall–Kier alpha value is -1.42. The summed E-state index contributed by atoms with van der Waals surface area (Å²) in [5.41, 5.74) is 2.35. The van der Waals surface area contributed by atoms with Crippen LogP contribution in [0.25, 0.3) is 10.9 Å².